The van der Waals surface area contributed by atoms with Crippen LogP contribution in [0.15, 0.2) is 72.1 Å². The summed E-state index contributed by atoms with van der Waals surface area (Å²) in [5.41, 5.74) is 1.23. The monoisotopic (exact) mass is 325 g/mol. The minimum absolute atomic E-state index is 0.114. The van der Waals surface area contributed by atoms with Crippen molar-refractivity contribution in [2.45, 2.75) is 0 Å². The van der Waals surface area contributed by atoms with Crippen LogP contribution in [-0.4, -0.2) is 13.5 Å². The molecule has 0 atom stereocenters. The molecule has 2 N–H and O–H groups in total. The summed E-state index contributed by atoms with van der Waals surface area (Å²) in [5.74, 6) is 0.114. The van der Waals surface area contributed by atoms with Gasteiger partial charge >= 0.3 is 0 Å². The van der Waals surface area contributed by atoms with Gasteiger partial charge in [0.25, 0.3) is 10.0 Å². The first-order valence-electron chi connectivity index (χ1n) is 7.02. The molecule has 0 fully saturated rings. The second-order valence-electron chi connectivity index (χ2n) is 5.04. The van der Waals surface area contributed by atoms with Crippen LogP contribution in [0, 0.1) is 0 Å². The van der Waals surface area contributed by atoms with Crippen molar-refractivity contribution >= 4 is 32.6 Å². The number of rotatable bonds is 4. The molecule has 0 spiro atoms. The van der Waals surface area contributed by atoms with E-state index in [0.29, 0.717) is 16.5 Å². The molecule has 4 nitrogen and oxygen atoms in total. The lowest BCUT2D eigenvalue weighted by Crippen LogP contribution is -2.09. The number of sulfonamides is 1. The van der Waals surface area contributed by atoms with E-state index in [-0.39, 0.29) is 5.75 Å². The van der Waals surface area contributed by atoms with E-state index in [1.807, 2.05) is 30.3 Å². The summed E-state index contributed by atoms with van der Waals surface area (Å²) < 4.78 is 27.0. The van der Waals surface area contributed by atoms with Crippen LogP contribution >= 0.6 is 0 Å². The molecule has 0 aromatic heterocycles. The highest BCUT2D eigenvalue weighted by Crippen LogP contribution is 2.30. The number of benzene rings is 3. The first-order valence-corrected chi connectivity index (χ1v) is 8.56. The van der Waals surface area contributed by atoms with Gasteiger partial charge in [-0.2, -0.15) is 0 Å². The smallest absolute Gasteiger partial charge is 0.255 e. The first-order chi connectivity index (χ1) is 11.1. The van der Waals surface area contributed by atoms with Gasteiger partial charge in [-0.1, -0.05) is 54.6 Å². The van der Waals surface area contributed by atoms with Crippen LogP contribution in [0.25, 0.3) is 16.8 Å². The maximum absolute atomic E-state index is 12.2. The van der Waals surface area contributed by atoms with E-state index in [1.54, 1.807) is 36.4 Å². The third-order valence-corrected chi connectivity index (χ3v) is 4.39. The molecule has 0 amide bonds. The molecule has 0 saturated heterocycles. The van der Waals surface area contributed by atoms with Crippen LogP contribution < -0.4 is 4.72 Å². The number of anilines is 1. The SMILES string of the molecule is O=S(=O)(/C=C/c1ccccc1)Nc1cccc2c(O)cccc12. The number of aromatic hydroxyl groups is 1. The second kappa shape index (κ2) is 6.14. The van der Waals surface area contributed by atoms with Gasteiger partial charge in [-0.15, -0.1) is 0 Å². The molecule has 23 heavy (non-hydrogen) atoms. The Labute approximate surface area is 134 Å². The van der Waals surface area contributed by atoms with Gasteiger partial charge in [-0.3, -0.25) is 4.72 Å². The fourth-order valence-electron chi connectivity index (χ4n) is 2.30. The summed E-state index contributed by atoms with van der Waals surface area (Å²) in [7, 11) is -3.65. The summed E-state index contributed by atoms with van der Waals surface area (Å²) in [4.78, 5) is 0. The number of phenolic OH excluding ortho intramolecular Hbond substituents is 1. The van der Waals surface area contributed by atoms with Crippen LogP contribution in [0.1, 0.15) is 5.56 Å². The second-order valence-corrected chi connectivity index (χ2v) is 6.60. The molecular weight excluding hydrogens is 310 g/mol. The summed E-state index contributed by atoms with van der Waals surface area (Å²) in [5, 5.41) is 12.2. The van der Waals surface area contributed by atoms with Crippen molar-refractivity contribution in [1.29, 1.82) is 0 Å². The quantitative estimate of drug-likeness (QED) is 0.763. The molecule has 0 saturated carbocycles. The molecule has 0 unspecified atom stereocenters. The van der Waals surface area contributed by atoms with Crippen LogP contribution in [-0.2, 0) is 10.0 Å². The van der Waals surface area contributed by atoms with Crippen molar-refractivity contribution in [3.8, 4) is 5.75 Å². The van der Waals surface area contributed by atoms with Gasteiger partial charge in [0.1, 0.15) is 5.75 Å². The van der Waals surface area contributed by atoms with Crippen molar-refractivity contribution in [2.24, 2.45) is 0 Å². The molecule has 0 radical (unpaired) electrons. The molecule has 0 bridgehead atoms. The van der Waals surface area contributed by atoms with E-state index in [2.05, 4.69) is 4.72 Å². The molecule has 5 heteroatoms. The lowest BCUT2D eigenvalue weighted by Gasteiger charge is -2.09. The highest BCUT2D eigenvalue weighted by atomic mass is 32.2. The molecule has 3 aromatic rings. The van der Waals surface area contributed by atoms with E-state index in [4.69, 9.17) is 0 Å². The van der Waals surface area contributed by atoms with E-state index in [1.165, 1.54) is 6.08 Å². The van der Waals surface area contributed by atoms with E-state index >= 15 is 0 Å². The van der Waals surface area contributed by atoms with Crippen LogP contribution in [0.5, 0.6) is 5.75 Å². The predicted molar refractivity (Wildman–Crippen MR) is 93.6 cm³/mol. The Balaban J connectivity index is 1.92. The average Bonchev–Trinajstić information content (AvgIpc) is 2.55. The van der Waals surface area contributed by atoms with Gasteiger partial charge in [0.2, 0.25) is 0 Å². The van der Waals surface area contributed by atoms with Crippen molar-refractivity contribution < 1.29 is 13.5 Å². The van der Waals surface area contributed by atoms with Gasteiger partial charge in [0.15, 0.2) is 0 Å². The Morgan fingerprint density at radius 2 is 1.52 bits per heavy atom. The molecule has 3 rings (SSSR count). The Morgan fingerprint density at radius 3 is 2.30 bits per heavy atom. The summed E-state index contributed by atoms with van der Waals surface area (Å²) in [6.07, 6.45) is 1.53. The van der Waals surface area contributed by atoms with Crippen molar-refractivity contribution in [2.75, 3.05) is 4.72 Å². The third-order valence-electron chi connectivity index (χ3n) is 3.39. The van der Waals surface area contributed by atoms with Gasteiger partial charge < -0.3 is 5.11 Å². The summed E-state index contributed by atoms with van der Waals surface area (Å²) in [6, 6.07) is 19.3. The summed E-state index contributed by atoms with van der Waals surface area (Å²) >= 11 is 0. The Hall–Kier alpha value is -2.79. The molecular formula is C18H15NO3S. The number of hydrogen-bond acceptors (Lipinski definition) is 3. The average molecular weight is 325 g/mol. The first kappa shape index (κ1) is 15.1. The minimum atomic E-state index is -3.65. The number of hydrogen-bond donors (Lipinski definition) is 2. The normalized spacial score (nSPS) is 11.8. The Kier molecular flexibility index (Phi) is 4.04. The summed E-state index contributed by atoms with van der Waals surface area (Å²) in [6.45, 7) is 0. The van der Waals surface area contributed by atoms with Crippen LogP contribution in [0.2, 0.25) is 0 Å². The van der Waals surface area contributed by atoms with Crippen LogP contribution in [0.4, 0.5) is 5.69 Å². The lowest BCUT2D eigenvalue weighted by molar-refractivity contribution is 0.481. The van der Waals surface area contributed by atoms with E-state index in [9.17, 15) is 13.5 Å². The molecule has 0 heterocycles. The van der Waals surface area contributed by atoms with E-state index in [0.717, 1.165) is 11.0 Å². The van der Waals surface area contributed by atoms with Gasteiger partial charge in [0, 0.05) is 10.8 Å². The number of nitrogens with one attached hydrogen (secondary N) is 1. The zero-order valence-corrected chi connectivity index (χ0v) is 13.0. The predicted octanol–water partition coefficient (Wildman–Crippen LogP) is 3.96. The molecule has 0 aliphatic rings. The zero-order valence-electron chi connectivity index (χ0n) is 12.2. The third kappa shape index (κ3) is 3.52. The molecule has 116 valence electrons. The largest absolute Gasteiger partial charge is 0.507 e. The highest BCUT2D eigenvalue weighted by Gasteiger charge is 2.09. The Morgan fingerprint density at radius 1 is 0.826 bits per heavy atom. The Bertz CT molecular complexity index is 964. The molecule has 0 aliphatic carbocycles. The van der Waals surface area contributed by atoms with Crippen LogP contribution in [0.3, 0.4) is 0 Å². The zero-order chi connectivity index (χ0) is 16.3. The number of fused-ring (bicyclic) bond motifs is 1. The fourth-order valence-corrected chi connectivity index (χ4v) is 3.19. The topological polar surface area (TPSA) is 66.4 Å². The van der Waals surface area contributed by atoms with E-state index < -0.39 is 10.0 Å². The molecule has 3 aromatic carbocycles. The minimum Gasteiger partial charge on any atom is -0.507 e. The van der Waals surface area contributed by atoms with Gasteiger partial charge in [-0.05, 0) is 23.8 Å². The maximum Gasteiger partial charge on any atom is 0.255 e. The lowest BCUT2D eigenvalue weighted by atomic mass is 10.1. The highest BCUT2D eigenvalue weighted by molar-refractivity contribution is 7.95. The standard InChI is InChI=1S/C18H15NO3S/c20-18-11-5-8-15-16(18)9-4-10-17(15)19-23(21,22)13-12-14-6-2-1-3-7-14/h1-13,19-20H/b13-12+. The maximum atomic E-state index is 12.2. The fraction of sp³-hybridized carbons (Fsp3) is 0. The van der Waals surface area contributed by atoms with Crippen molar-refractivity contribution in [3.05, 3.63) is 77.7 Å². The van der Waals surface area contributed by atoms with Crippen molar-refractivity contribution in [1.82, 2.24) is 0 Å². The van der Waals surface area contributed by atoms with Gasteiger partial charge in [0.05, 0.1) is 11.1 Å². The number of phenols is 1. The van der Waals surface area contributed by atoms with Crippen molar-refractivity contribution in [3.63, 3.8) is 0 Å². The van der Waals surface area contributed by atoms with Gasteiger partial charge in [-0.25, -0.2) is 8.42 Å². The molecule has 0 aliphatic heterocycles.